The highest BCUT2D eigenvalue weighted by molar-refractivity contribution is 5.85. The van der Waals surface area contributed by atoms with Crippen molar-refractivity contribution in [2.75, 3.05) is 7.11 Å². The molecule has 0 fully saturated rings. The normalized spacial score (nSPS) is 12.3. The number of aliphatic hydroxyl groups is 1. The molecule has 106 valence electrons. The Labute approximate surface area is 123 Å². The molecule has 0 aliphatic heterocycles. The van der Waals surface area contributed by atoms with Crippen molar-refractivity contribution in [3.05, 3.63) is 71.5 Å². The summed E-state index contributed by atoms with van der Waals surface area (Å²) in [7, 11) is 1.64. The summed E-state index contributed by atoms with van der Waals surface area (Å²) in [6.07, 6.45) is 2.80. The smallest absolute Gasteiger partial charge is 0.122 e. The first kappa shape index (κ1) is 13.6. The van der Waals surface area contributed by atoms with Crippen LogP contribution in [0.4, 0.5) is 0 Å². The van der Waals surface area contributed by atoms with Crippen LogP contribution in [-0.2, 0) is 0 Å². The second kappa shape index (κ2) is 5.54. The minimum atomic E-state index is -0.724. The SMILES string of the molecule is COc1cc(C(O)c2cncc3ccccc23)ccc1C. The Morgan fingerprint density at radius 2 is 1.90 bits per heavy atom. The summed E-state index contributed by atoms with van der Waals surface area (Å²) in [5, 5.41) is 12.7. The van der Waals surface area contributed by atoms with E-state index in [-0.39, 0.29) is 0 Å². The second-order valence-electron chi connectivity index (χ2n) is 5.08. The number of aryl methyl sites for hydroxylation is 1. The first-order valence-corrected chi connectivity index (χ1v) is 6.86. The van der Waals surface area contributed by atoms with Gasteiger partial charge in [-0.25, -0.2) is 0 Å². The van der Waals surface area contributed by atoms with E-state index in [4.69, 9.17) is 4.74 Å². The van der Waals surface area contributed by atoms with Crippen molar-refractivity contribution in [2.45, 2.75) is 13.0 Å². The topological polar surface area (TPSA) is 42.4 Å². The lowest BCUT2D eigenvalue weighted by Crippen LogP contribution is -2.02. The average Bonchev–Trinajstić information content (AvgIpc) is 2.54. The molecule has 0 aliphatic rings. The zero-order valence-electron chi connectivity index (χ0n) is 12.1. The Kier molecular flexibility index (Phi) is 3.59. The highest BCUT2D eigenvalue weighted by atomic mass is 16.5. The van der Waals surface area contributed by atoms with Crippen molar-refractivity contribution in [3.8, 4) is 5.75 Å². The molecule has 1 heterocycles. The molecule has 0 bridgehead atoms. The Morgan fingerprint density at radius 1 is 1.10 bits per heavy atom. The van der Waals surface area contributed by atoms with Crippen molar-refractivity contribution < 1.29 is 9.84 Å². The Morgan fingerprint density at radius 3 is 2.71 bits per heavy atom. The van der Waals surface area contributed by atoms with Crippen LogP contribution >= 0.6 is 0 Å². The maximum Gasteiger partial charge on any atom is 0.122 e. The van der Waals surface area contributed by atoms with Crippen LogP contribution in [-0.4, -0.2) is 17.2 Å². The molecule has 0 amide bonds. The Bertz CT molecular complexity index is 778. The molecule has 1 unspecified atom stereocenters. The van der Waals surface area contributed by atoms with Gasteiger partial charge < -0.3 is 9.84 Å². The van der Waals surface area contributed by atoms with Gasteiger partial charge >= 0.3 is 0 Å². The lowest BCUT2D eigenvalue weighted by molar-refractivity contribution is 0.221. The van der Waals surface area contributed by atoms with E-state index in [1.807, 2.05) is 49.4 Å². The van der Waals surface area contributed by atoms with Crippen LogP contribution in [0.1, 0.15) is 22.8 Å². The fourth-order valence-electron chi connectivity index (χ4n) is 2.54. The maximum absolute atomic E-state index is 10.7. The molecule has 1 aromatic heterocycles. The highest BCUT2D eigenvalue weighted by Gasteiger charge is 2.15. The molecule has 2 aromatic carbocycles. The number of fused-ring (bicyclic) bond motifs is 1. The summed E-state index contributed by atoms with van der Waals surface area (Å²) in [4.78, 5) is 4.23. The van der Waals surface area contributed by atoms with Gasteiger partial charge in [0.05, 0.1) is 7.11 Å². The number of pyridine rings is 1. The number of ether oxygens (including phenoxy) is 1. The summed E-state index contributed by atoms with van der Waals surface area (Å²) >= 11 is 0. The van der Waals surface area contributed by atoms with Crippen molar-refractivity contribution in [2.24, 2.45) is 0 Å². The summed E-state index contributed by atoms with van der Waals surface area (Å²) < 4.78 is 5.33. The number of aliphatic hydroxyl groups excluding tert-OH is 1. The van der Waals surface area contributed by atoms with Gasteiger partial charge in [0.1, 0.15) is 11.9 Å². The molecule has 0 saturated carbocycles. The molecule has 0 radical (unpaired) electrons. The summed E-state index contributed by atoms with van der Waals surface area (Å²) in [5.74, 6) is 0.778. The molecule has 0 spiro atoms. The van der Waals surface area contributed by atoms with E-state index in [0.717, 1.165) is 33.2 Å². The van der Waals surface area contributed by atoms with Crippen LogP contribution < -0.4 is 4.74 Å². The van der Waals surface area contributed by atoms with E-state index in [1.165, 1.54) is 0 Å². The van der Waals surface area contributed by atoms with Crippen LogP contribution in [0, 0.1) is 6.92 Å². The Balaban J connectivity index is 2.10. The molecule has 3 aromatic rings. The van der Waals surface area contributed by atoms with Crippen LogP contribution in [0.25, 0.3) is 10.8 Å². The number of nitrogens with zero attached hydrogens (tertiary/aromatic N) is 1. The third-order valence-electron chi connectivity index (χ3n) is 3.74. The third kappa shape index (κ3) is 2.48. The zero-order valence-corrected chi connectivity index (χ0v) is 12.1. The van der Waals surface area contributed by atoms with Gasteiger partial charge in [-0.15, -0.1) is 0 Å². The van der Waals surface area contributed by atoms with E-state index in [9.17, 15) is 5.11 Å². The van der Waals surface area contributed by atoms with E-state index in [1.54, 1.807) is 19.5 Å². The van der Waals surface area contributed by atoms with Crippen LogP contribution in [0.3, 0.4) is 0 Å². The molecule has 3 rings (SSSR count). The van der Waals surface area contributed by atoms with E-state index < -0.39 is 6.10 Å². The number of methoxy groups -OCH3 is 1. The minimum Gasteiger partial charge on any atom is -0.496 e. The van der Waals surface area contributed by atoms with Gasteiger partial charge in [-0.2, -0.15) is 0 Å². The monoisotopic (exact) mass is 279 g/mol. The van der Waals surface area contributed by atoms with Gasteiger partial charge in [0.25, 0.3) is 0 Å². The number of hydrogen-bond donors (Lipinski definition) is 1. The van der Waals surface area contributed by atoms with Gasteiger partial charge in [-0.1, -0.05) is 36.4 Å². The second-order valence-corrected chi connectivity index (χ2v) is 5.08. The number of hydrogen-bond acceptors (Lipinski definition) is 3. The maximum atomic E-state index is 10.7. The number of rotatable bonds is 3. The molecule has 21 heavy (non-hydrogen) atoms. The average molecular weight is 279 g/mol. The van der Waals surface area contributed by atoms with Crippen molar-refractivity contribution >= 4 is 10.8 Å². The highest BCUT2D eigenvalue weighted by Crippen LogP contribution is 2.30. The first-order chi connectivity index (χ1) is 10.2. The zero-order chi connectivity index (χ0) is 14.8. The Hall–Kier alpha value is -2.39. The quantitative estimate of drug-likeness (QED) is 0.796. The first-order valence-electron chi connectivity index (χ1n) is 6.86. The molecular weight excluding hydrogens is 262 g/mol. The lowest BCUT2D eigenvalue weighted by Gasteiger charge is -2.15. The summed E-state index contributed by atoms with van der Waals surface area (Å²) in [6.45, 7) is 1.98. The van der Waals surface area contributed by atoms with Gasteiger partial charge in [-0.05, 0) is 29.5 Å². The van der Waals surface area contributed by atoms with Crippen molar-refractivity contribution in [1.29, 1.82) is 0 Å². The van der Waals surface area contributed by atoms with E-state index in [2.05, 4.69) is 4.98 Å². The largest absolute Gasteiger partial charge is 0.496 e. The molecule has 0 aliphatic carbocycles. The number of benzene rings is 2. The molecule has 3 nitrogen and oxygen atoms in total. The van der Waals surface area contributed by atoms with Crippen molar-refractivity contribution in [1.82, 2.24) is 4.98 Å². The predicted octanol–water partition coefficient (Wildman–Crippen LogP) is 3.63. The van der Waals surface area contributed by atoms with E-state index >= 15 is 0 Å². The van der Waals surface area contributed by atoms with Gasteiger partial charge in [-0.3, -0.25) is 4.98 Å². The number of aromatic nitrogens is 1. The molecule has 1 atom stereocenters. The van der Waals surface area contributed by atoms with Crippen LogP contribution in [0.15, 0.2) is 54.9 Å². The third-order valence-corrected chi connectivity index (χ3v) is 3.74. The van der Waals surface area contributed by atoms with Gasteiger partial charge in [0.15, 0.2) is 0 Å². The fourth-order valence-corrected chi connectivity index (χ4v) is 2.54. The standard InChI is InChI=1S/C18H17NO2/c1-12-7-8-13(9-17(12)21-2)18(20)16-11-19-10-14-5-3-4-6-15(14)16/h3-11,18,20H,1-2H3. The van der Waals surface area contributed by atoms with E-state index in [0.29, 0.717) is 0 Å². The van der Waals surface area contributed by atoms with Crippen LogP contribution in [0.5, 0.6) is 5.75 Å². The van der Waals surface area contributed by atoms with Gasteiger partial charge in [0.2, 0.25) is 0 Å². The van der Waals surface area contributed by atoms with Gasteiger partial charge in [0, 0.05) is 23.3 Å². The lowest BCUT2D eigenvalue weighted by atomic mass is 9.97. The molecule has 3 heteroatoms. The molecule has 0 saturated heterocycles. The minimum absolute atomic E-state index is 0.724. The molecule has 1 N–H and O–H groups in total. The fraction of sp³-hybridized carbons (Fsp3) is 0.167. The summed E-state index contributed by atoms with van der Waals surface area (Å²) in [5.41, 5.74) is 2.65. The summed E-state index contributed by atoms with van der Waals surface area (Å²) in [6, 6.07) is 13.7. The predicted molar refractivity (Wildman–Crippen MR) is 83.5 cm³/mol. The molecular formula is C18H17NO2. The van der Waals surface area contributed by atoms with Crippen LogP contribution in [0.2, 0.25) is 0 Å². The van der Waals surface area contributed by atoms with Crippen molar-refractivity contribution in [3.63, 3.8) is 0 Å².